The summed E-state index contributed by atoms with van der Waals surface area (Å²) in [5, 5.41) is 2.79. The molecule has 19 heavy (non-hydrogen) atoms. The van der Waals surface area contributed by atoms with Crippen LogP contribution in [0, 0.1) is 0 Å². The summed E-state index contributed by atoms with van der Waals surface area (Å²) in [6.45, 7) is 0. The maximum Gasteiger partial charge on any atom is 0.231 e. The van der Waals surface area contributed by atoms with Crippen molar-refractivity contribution in [1.82, 2.24) is 0 Å². The summed E-state index contributed by atoms with van der Waals surface area (Å²) in [7, 11) is 0. The summed E-state index contributed by atoms with van der Waals surface area (Å²) in [5.74, 6) is -0.666. The third kappa shape index (κ3) is 2.15. The lowest BCUT2D eigenvalue weighted by Gasteiger charge is -2.16. The Morgan fingerprint density at radius 1 is 0.895 bits per heavy atom. The molecule has 1 amide bonds. The van der Waals surface area contributed by atoms with E-state index in [0.717, 1.165) is 16.8 Å². The molecule has 0 fully saturated rings. The largest absolute Gasteiger partial charge is 0.325 e. The minimum absolute atomic E-state index is 0.0614. The average molecular weight is 251 g/mol. The molecule has 0 saturated heterocycles. The SMILES string of the molecule is O=C1CC(=O)C(c2ccccc2)c2ccccc2N1. The Morgan fingerprint density at radius 2 is 1.58 bits per heavy atom. The number of rotatable bonds is 1. The topological polar surface area (TPSA) is 46.2 Å². The Morgan fingerprint density at radius 3 is 2.37 bits per heavy atom. The monoisotopic (exact) mass is 251 g/mol. The molecule has 3 nitrogen and oxygen atoms in total. The minimum atomic E-state index is -0.364. The van der Waals surface area contributed by atoms with Crippen LogP contribution in [0.5, 0.6) is 0 Å². The van der Waals surface area contributed by atoms with E-state index < -0.39 is 0 Å². The van der Waals surface area contributed by atoms with E-state index in [-0.39, 0.29) is 24.0 Å². The van der Waals surface area contributed by atoms with Crippen LogP contribution in [-0.4, -0.2) is 11.7 Å². The van der Waals surface area contributed by atoms with Crippen molar-refractivity contribution in [3.8, 4) is 0 Å². The van der Waals surface area contributed by atoms with Gasteiger partial charge in [-0.25, -0.2) is 0 Å². The van der Waals surface area contributed by atoms with Crippen LogP contribution in [0.25, 0.3) is 0 Å². The van der Waals surface area contributed by atoms with Crippen molar-refractivity contribution in [3.05, 3.63) is 65.7 Å². The number of para-hydroxylation sites is 1. The molecule has 94 valence electrons. The lowest BCUT2D eigenvalue weighted by molar-refractivity contribution is -0.125. The van der Waals surface area contributed by atoms with Crippen LogP contribution >= 0.6 is 0 Å². The third-order valence-corrected chi connectivity index (χ3v) is 3.34. The second-order valence-corrected chi connectivity index (χ2v) is 4.62. The Hall–Kier alpha value is -2.42. The zero-order valence-electron chi connectivity index (χ0n) is 10.3. The molecule has 1 unspecified atom stereocenters. The first-order chi connectivity index (χ1) is 9.25. The van der Waals surface area contributed by atoms with Gasteiger partial charge in [0.2, 0.25) is 5.91 Å². The number of hydrogen-bond acceptors (Lipinski definition) is 2. The van der Waals surface area contributed by atoms with E-state index in [9.17, 15) is 9.59 Å². The zero-order valence-corrected chi connectivity index (χ0v) is 10.3. The first-order valence-corrected chi connectivity index (χ1v) is 6.22. The summed E-state index contributed by atoms with van der Waals surface area (Å²) in [4.78, 5) is 24.0. The predicted molar refractivity (Wildman–Crippen MR) is 73.0 cm³/mol. The summed E-state index contributed by atoms with van der Waals surface area (Å²) in [6.07, 6.45) is -0.0752. The Bertz CT molecular complexity index is 634. The molecule has 1 aliphatic heterocycles. The van der Waals surface area contributed by atoms with Gasteiger partial charge in [-0.05, 0) is 17.2 Å². The number of ketones is 1. The molecule has 1 aliphatic rings. The number of benzene rings is 2. The standard InChI is InChI=1S/C16H13NO2/c18-14-10-15(19)17-13-9-5-4-8-12(13)16(14)11-6-2-1-3-7-11/h1-9,16H,10H2,(H,17,19). The molecule has 2 aromatic rings. The zero-order chi connectivity index (χ0) is 13.2. The van der Waals surface area contributed by atoms with Crippen LogP contribution in [0.3, 0.4) is 0 Å². The highest BCUT2D eigenvalue weighted by molar-refractivity contribution is 6.10. The normalized spacial score (nSPS) is 18.4. The summed E-state index contributed by atoms with van der Waals surface area (Å²) in [6, 6.07) is 17.1. The third-order valence-electron chi connectivity index (χ3n) is 3.34. The van der Waals surface area contributed by atoms with Gasteiger partial charge in [-0.1, -0.05) is 48.5 Å². The van der Waals surface area contributed by atoms with Gasteiger partial charge in [-0.15, -0.1) is 0 Å². The summed E-state index contributed by atoms with van der Waals surface area (Å²) < 4.78 is 0. The first-order valence-electron chi connectivity index (χ1n) is 6.22. The van der Waals surface area contributed by atoms with E-state index in [1.54, 1.807) is 0 Å². The van der Waals surface area contributed by atoms with Gasteiger partial charge >= 0.3 is 0 Å². The highest BCUT2D eigenvalue weighted by Crippen LogP contribution is 2.34. The fourth-order valence-corrected chi connectivity index (χ4v) is 2.50. The van der Waals surface area contributed by atoms with Crippen LogP contribution in [0.4, 0.5) is 5.69 Å². The van der Waals surface area contributed by atoms with Gasteiger partial charge in [0, 0.05) is 5.69 Å². The van der Waals surface area contributed by atoms with E-state index in [1.165, 1.54) is 0 Å². The smallest absolute Gasteiger partial charge is 0.231 e. The summed E-state index contributed by atoms with van der Waals surface area (Å²) in [5.41, 5.74) is 2.52. The Kier molecular flexibility index (Phi) is 2.88. The number of fused-ring (bicyclic) bond motifs is 1. The van der Waals surface area contributed by atoms with Crippen molar-refractivity contribution in [3.63, 3.8) is 0 Å². The molecule has 0 aliphatic carbocycles. The van der Waals surface area contributed by atoms with Crippen molar-refractivity contribution < 1.29 is 9.59 Å². The highest BCUT2D eigenvalue weighted by atomic mass is 16.2. The number of Topliss-reactive ketones (excluding diaryl/α,β-unsaturated/α-hetero) is 1. The lowest BCUT2D eigenvalue weighted by Crippen LogP contribution is -2.16. The van der Waals surface area contributed by atoms with Gasteiger partial charge in [0.25, 0.3) is 0 Å². The Labute approximate surface area is 111 Å². The molecule has 1 heterocycles. The fraction of sp³-hybridized carbons (Fsp3) is 0.125. The average Bonchev–Trinajstić information content (AvgIpc) is 2.54. The second kappa shape index (κ2) is 4.69. The molecule has 0 spiro atoms. The van der Waals surface area contributed by atoms with Gasteiger partial charge in [0.15, 0.2) is 5.78 Å². The van der Waals surface area contributed by atoms with Crippen molar-refractivity contribution in [2.24, 2.45) is 0 Å². The van der Waals surface area contributed by atoms with Crippen LogP contribution in [0.15, 0.2) is 54.6 Å². The van der Waals surface area contributed by atoms with Crippen molar-refractivity contribution >= 4 is 17.4 Å². The molecule has 1 N–H and O–H groups in total. The van der Waals surface area contributed by atoms with E-state index in [1.807, 2.05) is 54.6 Å². The number of nitrogens with one attached hydrogen (secondary N) is 1. The molecule has 0 radical (unpaired) electrons. The number of anilines is 1. The molecule has 0 saturated carbocycles. The van der Waals surface area contributed by atoms with Gasteiger partial charge in [0.05, 0.1) is 12.3 Å². The number of carbonyl (C=O) groups is 2. The molecule has 1 atom stereocenters. The fourth-order valence-electron chi connectivity index (χ4n) is 2.50. The summed E-state index contributed by atoms with van der Waals surface area (Å²) >= 11 is 0. The van der Waals surface area contributed by atoms with Gasteiger partial charge in [-0.3, -0.25) is 9.59 Å². The molecular formula is C16H13NO2. The maximum atomic E-state index is 12.3. The van der Waals surface area contributed by atoms with Gasteiger partial charge in [0.1, 0.15) is 0 Å². The molecule has 3 rings (SSSR count). The minimum Gasteiger partial charge on any atom is -0.325 e. The molecule has 3 heteroatoms. The van der Waals surface area contributed by atoms with Crippen molar-refractivity contribution in [1.29, 1.82) is 0 Å². The quantitative estimate of drug-likeness (QED) is 0.792. The van der Waals surface area contributed by atoms with Crippen LogP contribution in [0.2, 0.25) is 0 Å². The van der Waals surface area contributed by atoms with Crippen molar-refractivity contribution in [2.45, 2.75) is 12.3 Å². The van der Waals surface area contributed by atoms with Gasteiger partial charge in [-0.2, -0.15) is 0 Å². The number of amides is 1. The predicted octanol–water partition coefficient (Wildman–Crippen LogP) is 2.73. The molecular weight excluding hydrogens is 238 g/mol. The first kappa shape index (κ1) is 11.7. The van der Waals surface area contributed by atoms with E-state index >= 15 is 0 Å². The van der Waals surface area contributed by atoms with E-state index in [4.69, 9.17) is 0 Å². The second-order valence-electron chi connectivity index (χ2n) is 4.62. The maximum absolute atomic E-state index is 12.3. The van der Waals surface area contributed by atoms with E-state index in [2.05, 4.69) is 5.32 Å². The highest BCUT2D eigenvalue weighted by Gasteiger charge is 2.29. The van der Waals surface area contributed by atoms with Crippen LogP contribution in [-0.2, 0) is 9.59 Å². The number of carbonyl (C=O) groups excluding carboxylic acids is 2. The molecule has 0 aromatic heterocycles. The van der Waals surface area contributed by atoms with Crippen LogP contribution < -0.4 is 5.32 Å². The van der Waals surface area contributed by atoms with E-state index in [0.29, 0.717) is 0 Å². The van der Waals surface area contributed by atoms with Crippen LogP contribution in [0.1, 0.15) is 23.5 Å². The lowest BCUT2D eigenvalue weighted by atomic mass is 9.86. The molecule has 0 bridgehead atoms. The Balaban J connectivity index is 2.17. The van der Waals surface area contributed by atoms with Crippen molar-refractivity contribution in [2.75, 3.05) is 5.32 Å². The molecule has 2 aromatic carbocycles. The number of hydrogen-bond donors (Lipinski definition) is 1. The van der Waals surface area contributed by atoms with Gasteiger partial charge < -0.3 is 5.32 Å².